The van der Waals surface area contributed by atoms with Crippen LogP contribution in [0.15, 0.2) is 43.0 Å². The molecule has 1 aromatic rings. The summed E-state index contributed by atoms with van der Waals surface area (Å²) in [7, 11) is 2.07. The normalized spacial score (nSPS) is 14.2. The molecule has 0 saturated heterocycles. The number of allylic oxidation sites excluding steroid dienone is 1. The monoisotopic (exact) mass is 231 g/mol. The van der Waals surface area contributed by atoms with Crippen molar-refractivity contribution in [3.05, 3.63) is 48.6 Å². The van der Waals surface area contributed by atoms with Gasteiger partial charge in [-0.15, -0.1) is 6.58 Å². The Bertz CT molecular complexity index is 305. The maximum absolute atomic E-state index is 3.79. The van der Waals surface area contributed by atoms with E-state index >= 15 is 0 Å². The fraction of sp³-hybridized carbons (Fsp3) is 0.500. The second-order valence-electron chi connectivity index (χ2n) is 4.54. The highest BCUT2D eigenvalue weighted by atomic mass is 14.9. The number of rotatable bonds is 8. The van der Waals surface area contributed by atoms with Gasteiger partial charge in [-0.2, -0.15) is 0 Å². The molecule has 1 heteroatoms. The zero-order valence-electron chi connectivity index (χ0n) is 11.2. The highest BCUT2D eigenvalue weighted by Crippen LogP contribution is 2.25. The van der Waals surface area contributed by atoms with E-state index in [1.54, 1.807) is 0 Å². The maximum atomic E-state index is 3.79. The predicted octanol–water partition coefficient (Wildman–Crippen LogP) is 4.12. The summed E-state index contributed by atoms with van der Waals surface area (Å²) in [5, 5.41) is 3.48. The Morgan fingerprint density at radius 3 is 2.53 bits per heavy atom. The van der Waals surface area contributed by atoms with Crippen LogP contribution in [0.5, 0.6) is 0 Å². The van der Waals surface area contributed by atoms with Crippen LogP contribution in [0.4, 0.5) is 0 Å². The van der Waals surface area contributed by atoms with Gasteiger partial charge in [0.25, 0.3) is 0 Å². The SMILES string of the molecule is C=CCCCC(NC)C(CC)c1ccccc1. The molecule has 0 fully saturated rings. The molecule has 0 aliphatic heterocycles. The number of likely N-dealkylation sites (N-methyl/N-ethyl adjacent to an activating group) is 1. The van der Waals surface area contributed by atoms with E-state index in [0.717, 1.165) is 6.42 Å². The summed E-state index contributed by atoms with van der Waals surface area (Å²) in [5.74, 6) is 0.617. The van der Waals surface area contributed by atoms with Crippen LogP contribution in [0.3, 0.4) is 0 Å². The number of benzene rings is 1. The first-order valence-corrected chi connectivity index (χ1v) is 6.66. The molecule has 94 valence electrons. The Morgan fingerprint density at radius 1 is 1.29 bits per heavy atom. The molecule has 2 unspecified atom stereocenters. The van der Waals surface area contributed by atoms with Crippen LogP contribution in [0.25, 0.3) is 0 Å². The first-order valence-electron chi connectivity index (χ1n) is 6.66. The van der Waals surface area contributed by atoms with Crippen LogP contribution in [-0.2, 0) is 0 Å². The second kappa shape index (κ2) is 8.08. The van der Waals surface area contributed by atoms with Gasteiger partial charge in [0.1, 0.15) is 0 Å². The minimum atomic E-state index is 0.572. The minimum absolute atomic E-state index is 0.572. The first-order chi connectivity index (χ1) is 8.33. The molecule has 0 aliphatic rings. The molecule has 1 rings (SSSR count). The van der Waals surface area contributed by atoms with E-state index in [9.17, 15) is 0 Å². The average Bonchev–Trinajstić information content (AvgIpc) is 2.39. The van der Waals surface area contributed by atoms with Crippen molar-refractivity contribution in [3.8, 4) is 0 Å². The van der Waals surface area contributed by atoms with E-state index in [2.05, 4.69) is 56.2 Å². The quantitative estimate of drug-likeness (QED) is 0.524. The minimum Gasteiger partial charge on any atom is -0.316 e. The maximum Gasteiger partial charge on any atom is 0.0133 e. The van der Waals surface area contributed by atoms with Crippen molar-refractivity contribution in [1.82, 2.24) is 5.32 Å². The van der Waals surface area contributed by atoms with E-state index in [0.29, 0.717) is 12.0 Å². The predicted molar refractivity (Wildman–Crippen MR) is 76.4 cm³/mol. The van der Waals surface area contributed by atoms with Crippen molar-refractivity contribution < 1.29 is 0 Å². The molecular weight excluding hydrogens is 206 g/mol. The van der Waals surface area contributed by atoms with Crippen LogP contribution in [-0.4, -0.2) is 13.1 Å². The van der Waals surface area contributed by atoms with Crippen molar-refractivity contribution >= 4 is 0 Å². The molecule has 0 heterocycles. The third-order valence-corrected chi connectivity index (χ3v) is 3.45. The summed E-state index contributed by atoms with van der Waals surface area (Å²) >= 11 is 0. The highest BCUT2D eigenvalue weighted by Gasteiger charge is 2.19. The fourth-order valence-corrected chi connectivity index (χ4v) is 2.48. The van der Waals surface area contributed by atoms with Crippen molar-refractivity contribution in [1.29, 1.82) is 0 Å². The second-order valence-corrected chi connectivity index (χ2v) is 4.54. The van der Waals surface area contributed by atoms with Gasteiger partial charge in [0.15, 0.2) is 0 Å². The lowest BCUT2D eigenvalue weighted by Gasteiger charge is -2.26. The zero-order chi connectivity index (χ0) is 12.5. The lowest BCUT2D eigenvalue weighted by molar-refractivity contribution is 0.417. The van der Waals surface area contributed by atoms with E-state index < -0.39 is 0 Å². The molecule has 0 radical (unpaired) electrons. The van der Waals surface area contributed by atoms with Crippen LogP contribution in [0.1, 0.15) is 44.1 Å². The van der Waals surface area contributed by atoms with Crippen LogP contribution >= 0.6 is 0 Å². The standard InChI is InChI=1S/C16H25N/c1-4-6-8-13-16(17-3)15(5-2)14-11-9-7-10-12-14/h4,7,9-12,15-17H,1,5-6,8,13H2,2-3H3. The molecule has 0 aliphatic carbocycles. The molecule has 2 atom stereocenters. The summed E-state index contributed by atoms with van der Waals surface area (Å²) in [6, 6.07) is 11.4. The third-order valence-electron chi connectivity index (χ3n) is 3.45. The Balaban J connectivity index is 2.66. The molecule has 0 saturated carbocycles. The topological polar surface area (TPSA) is 12.0 Å². The summed E-state index contributed by atoms with van der Waals surface area (Å²) in [6.07, 6.45) is 6.75. The first kappa shape index (κ1) is 14.0. The van der Waals surface area contributed by atoms with Crippen LogP contribution in [0.2, 0.25) is 0 Å². The highest BCUT2D eigenvalue weighted by molar-refractivity contribution is 5.21. The van der Waals surface area contributed by atoms with Crippen molar-refractivity contribution in [2.75, 3.05) is 7.05 Å². The average molecular weight is 231 g/mol. The van der Waals surface area contributed by atoms with E-state index in [1.165, 1.54) is 24.8 Å². The van der Waals surface area contributed by atoms with E-state index in [4.69, 9.17) is 0 Å². The van der Waals surface area contributed by atoms with E-state index in [-0.39, 0.29) is 0 Å². The van der Waals surface area contributed by atoms with Gasteiger partial charge in [0, 0.05) is 6.04 Å². The molecular formula is C16H25N. The van der Waals surface area contributed by atoms with Crippen LogP contribution < -0.4 is 5.32 Å². The van der Waals surface area contributed by atoms with Crippen molar-refractivity contribution in [3.63, 3.8) is 0 Å². The summed E-state index contributed by atoms with van der Waals surface area (Å²) in [5.41, 5.74) is 1.45. The van der Waals surface area contributed by atoms with Gasteiger partial charge in [-0.1, -0.05) is 43.3 Å². The summed E-state index contributed by atoms with van der Waals surface area (Å²) in [4.78, 5) is 0. The lowest BCUT2D eigenvalue weighted by atomic mass is 9.86. The third kappa shape index (κ3) is 4.35. The van der Waals surface area contributed by atoms with E-state index in [1.807, 2.05) is 6.08 Å². The summed E-state index contributed by atoms with van der Waals surface area (Å²) in [6.45, 7) is 6.06. The number of hydrogen-bond donors (Lipinski definition) is 1. The molecule has 0 aromatic heterocycles. The van der Waals surface area contributed by atoms with Gasteiger partial charge in [-0.05, 0) is 44.2 Å². The van der Waals surface area contributed by atoms with Gasteiger partial charge in [0.05, 0.1) is 0 Å². The Labute approximate surface area is 106 Å². The zero-order valence-corrected chi connectivity index (χ0v) is 11.2. The molecule has 0 amide bonds. The Kier molecular flexibility index (Phi) is 6.64. The number of unbranched alkanes of at least 4 members (excludes halogenated alkanes) is 1. The van der Waals surface area contributed by atoms with Gasteiger partial charge >= 0.3 is 0 Å². The molecule has 1 aromatic carbocycles. The van der Waals surface area contributed by atoms with Crippen molar-refractivity contribution in [2.45, 2.75) is 44.6 Å². The molecule has 1 N–H and O–H groups in total. The van der Waals surface area contributed by atoms with Gasteiger partial charge in [-0.25, -0.2) is 0 Å². The molecule has 1 nitrogen and oxygen atoms in total. The molecule has 0 spiro atoms. The fourth-order valence-electron chi connectivity index (χ4n) is 2.48. The molecule has 0 bridgehead atoms. The molecule has 17 heavy (non-hydrogen) atoms. The smallest absolute Gasteiger partial charge is 0.0133 e. The lowest BCUT2D eigenvalue weighted by Crippen LogP contribution is -2.31. The van der Waals surface area contributed by atoms with Gasteiger partial charge in [-0.3, -0.25) is 0 Å². The summed E-state index contributed by atoms with van der Waals surface area (Å²) < 4.78 is 0. The largest absolute Gasteiger partial charge is 0.316 e. The van der Waals surface area contributed by atoms with Gasteiger partial charge < -0.3 is 5.32 Å². The van der Waals surface area contributed by atoms with Gasteiger partial charge in [0.2, 0.25) is 0 Å². The van der Waals surface area contributed by atoms with Crippen LogP contribution in [0, 0.1) is 0 Å². The van der Waals surface area contributed by atoms with Crippen molar-refractivity contribution in [2.24, 2.45) is 0 Å². The number of hydrogen-bond acceptors (Lipinski definition) is 1. The Hall–Kier alpha value is -1.08. The number of nitrogens with one attached hydrogen (secondary N) is 1. The Morgan fingerprint density at radius 2 is 2.00 bits per heavy atom.